The molecular weight excluding hydrogens is 366 g/mol. The zero-order chi connectivity index (χ0) is 16.0. The first-order valence-electron chi connectivity index (χ1n) is 5.86. The fraction of sp³-hybridized carbons (Fsp3) is 0.417. The van der Waals surface area contributed by atoms with Crippen LogP contribution in [0.2, 0.25) is 0 Å². The number of carboxylic acid groups (broad SMARTS) is 1. The van der Waals surface area contributed by atoms with E-state index in [1.165, 1.54) is 32.4 Å². The van der Waals surface area contributed by atoms with Crippen molar-refractivity contribution in [3.63, 3.8) is 0 Å². The van der Waals surface area contributed by atoms with Gasteiger partial charge in [0.1, 0.15) is 0 Å². The van der Waals surface area contributed by atoms with E-state index in [4.69, 9.17) is 14.6 Å². The fourth-order valence-corrected chi connectivity index (χ4v) is 3.67. The smallest absolute Gasteiger partial charge is 0.335 e. The van der Waals surface area contributed by atoms with Crippen molar-refractivity contribution in [1.29, 1.82) is 0 Å². The van der Waals surface area contributed by atoms with E-state index in [2.05, 4.69) is 20.7 Å². The summed E-state index contributed by atoms with van der Waals surface area (Å²) in [5.41, 5.74) is -0.00465. The van der Waals surface area contributed by atoms with Crippen molar-refractivity contribution in [2.75, 3.05) is 27.4 Å². The van der Waals surface area contributed by atoms with Gasteiger partial charge in [0.25, 0.3) is 0 Å². The largest absolute Gasteiger partial charge is 0.478 e. The molecule has 1 atom stereocenters. The number of halogens is 1. The Kier molecular flexibility index (Phi) is 6.75. The van der Waals surface area contributed by atoms with Crippen LogP contribution >= 0.6 is 15.9 Å². The third kappa shape index (κ3) is 5.04. The van der Waals surface area contributed by atoms with Crippen LogP contribution in [0, 0.1) is 0 Å². The highest BCUT2D eigenvalue weighted by Gasteiger charge is 2.20. The summed E-state index contributed by atoms with van der Waals surface area (Å²) in [4.78, 5) is 10.8. The number of carbonyl (C=O) groups is 1. The second-order valence-electron chi connectivity index (χ2n) is 4.12. The Morgan fingerprint density at radius 1 is 1.43 bits per heavy atom. The maximum absolute atomic E-state index is 12.2. The summed E-state index contributed by atoms with van der Waals surface area (Å²) >= 11 is 3.07. The summed E-state index contributed by atoms with van der Waals surface area (Å²) in [5, 5.41) is 8.85. The van der Waals surface area contributed by atoms with Crippen LogP contribution < -0.4 is 4.72 Å². The van der Waals surface area contributed by atoms with E-state index in [0.29, 0.717) is 0 Å². The molecule has 0 bridgehead atoms. The van der Waals surface area contributed by atoms with Gasteiger partial charge < -0.3 is 14.6 Å². The van der Waals surface area contributed by atoms with E-state index < -0.39 is 22.1 Å². The number of rotatable bonds is 8. The molecule has 1 rings (SSSR count). The van der Waals surface area contributed by atoms with E-state index in [9.17, 15) is 13.2 Å². The topological polar surface area (TPSA) is 102 Å². The second kappa shape index (κ2) is 7.85. The van der Waals surface area contributed by atoms with E-state index in [1.54, 1.807) is 0 Å². The molecule has 0 aliphatic carbocycles. The number of aromatic carboxylic acids is 1. The third-order valence-corrected chi connectivity index (χ3v) is 5.06. The maximum Gasteiger partial charge on any atom is 0.335 e. The monoisotopic (exact) mass is 381 g/mol. The predicted molar refractivity (Wildman–Crippen MR) is 79.0 cm³/mol. The van der Waals surface area contributed by atoms with Gasteiger partial charge in [0.05, 0.1) is 23.2 Å². The van der Waals surface area contributed by atoms with Crippen LogP contribution in [0.15, 0.2) is 27.6 Å². The number of benzene rings is 1. The molecule has 118 valence electrons. The van der Waals surface area contributed by atoms with Crippen LogP contribution in [0.1, 0.15) is 10.4 Å². The summed E-state index contributed by atoms with van der Waals surface area (Å²) in [6.07, 6.45) is -0.415. The van der Waals surface area contributed by atoms with Crippen molar-refractivity contribution in [3.8, 4) is 0 Å². The highest BCUT2D eigenvalue weighted by Crippen LogP contribution is 2.23. The maximum atomic E-state index is 12.2. The molecule has 0 radical (unpaired) electrons. The van der Waals surface area contributed by atoms with E-state index in [-0.39, 0.29) is 28.1 Å². The molecule has 0 heterocycles. The molecule has 0 saturated heterocycles. The highest BCUT2D eigenvalue weighted by atomic mass is 79.9. The average molecular weight is 382 g/mol. The number of hydrogen-bond donors (Lipinski definition) is 2. The molecule has 0 spiro atoms. The lowest BCUT2D eigenvalue weighted by atomic mass is 10.2. The zero-order valence-corrected chi connectivity index (χ0v) is 13.9. The summed E-state index contributed by atoms with van der Waals surface area (Å²) in [7, 11) is -0.840. The molecule has 0 aliphatic heterocycles. The first kappa shape index (κ1) is 18.1. The van der Waals surface area contributed by atoms with Crippen molar-refractivity contribution in [1.82, 2.24) is 4.72 Å². The summed E-state index contributed by atoms with van der Waals surface area (Å²) < 4.78 is 36.9. The van der Waals surface area contributed by atoms with Gasteiger partial charge in [0.15, 0.2) is 0 Å². The quantitative estimate of drug-likeness (QED) is 0.698. The van der Waals surface area contributed by atoms with Crippen molar-refractivity contribution >= 4 is 31.9 Å². The van der Waals surface area contributed by atoms with Crippen molar-refractivity contribution in [2.24, 2.45) is 0 Å². The van der Waals surface area contributed by atoms with E-state index in [1.807, 2.05) is 0 Å². The Bertz CT molecular complexity index is 604. The van der Waals surface area contributed by atoms with Gasteiger partial charge in [-0.3, -0.25) is 0 Å². The van der Waals surface area contributed by atoms with Crippen molar-refractivity contribution in [3.05, 3.63) is 28.2 Å². The van der Waals surface area contributed by atoms with Gasteiger partial charge in [-0.1, -0.05) is 0 Å². The minimum absolute atomic E-state index is 0.00465. The molecule has 1 unspecified atom stereocenters. The first-order chi connectivity index (χ1) is 9.81. The molecule has 21 heavy (non-hydrogen) atoms. The molecular formula is C12H16BrNO6S. The fourth-order valence-electron chi connectivity index (χ4n) is 1.53. The van der Waals surface area contributed by atoms with Gasteiger partial charge >= 0.3 is 5.97 Å². The first-order valence-corrected chi connectivity index (χ1v) is 8.13. The molecule has 9 heteroatoms. The van der Waals surface area contributed by atoms with Crippen LogP contribution in [-0.4, -0.2) is 53.0 Å². The van der Waals surface area contributed by atoms with Gasteiger partial charge in [-0.2, -0.15) is 0 Å². The summed E-state index contributed by atoms with van der Waals surface area (Å²) in [6.45, 7) is 0.290. The van der Waals surface area contributed by atoms with Crippen molar-refractivity contribution in [2.45, 2.75) is 11.0 Å². The molecule has 0 amide bonds. The van der Waals surface area contributed by atoms with Crippen LogP contribution in [0.5, 0.6) is 0 Å². The number of methoxy groups -OCH3 is 2. The molecule has 2 N–H and O–H groups in total. The van der Waals surface area contributed by atoms with Crippen LogP contribution in [-0.2, 0) is 19.5 Å². The molecule has 1 aromatic rings. The van der Waals surface area contributed by atoms with Crippen LogP contribution in [0.25, 0.3) is 0 Å². The Labute approximate surface area is 131 Å². The number of hydrogen-bond acceptors (Lipinski definition) is 5. The van der Waals surface area contributed by atoms with E-state index >= 15 is 0 Å². The highest BCUT2D eigenvalue weighted by molar-refractivity contribution is 9.10. The zero-order valence-electron chi connectivity index (χ0n) is 11.5. The molecule has 0 saturated carbocycles. The molecule has 7 nitrogen and oxygen atoms in total. The van der Waals surface area contributed by atoms with Gasteiger partial charge in [-0.25, -0.2) is 17.9 Å². The lowest BCUT2D eigenvalue weighted by Gasteiger charge is -2.15. The number of carboxylic acids is 1. The van der Waals surface area contributed by atoms with Gasteiger partial charge in [-0.15, -0.1) is 0 Å². The normalized spacial score (nSPS) is 13.1. The Morgan fingerprint density at radius 2 is 2.10 bits per heavy atom. The van der Waals surface area contributed by atoms with Gasteiger partial charge in [-0.05, 0) is 34.1 Å². The van der Waals surface area contributed by atoms with E-state index in [0.717, 1.165) is 0 Å². The Hall–Kier alpha value is -1.00. The molecule has 0 aliphatic rings. The molecule has 1 aromatic carbocycles. The Balaban J connectivity index is 2.90. The van der Waals surface area contributed by atoms with Crippen LogP contribution in [0.4, 0.5) is 0 Å². The number of sulfonamides is 1. The lowest BCUT2D eigenvalue weighted by molar-refractivity contribution is 0.0320. The van der Waals surface area contributed by atoms with Crippen molar-refractivity contribution < 1.29 is 27.8 Å². The SMILES string of the molecule is COCC(CNS(=O)(=O)c1ccc(C(=O)O)cc1Br)OC. The predicted octanol–water partition coefficient (Wildman–Crippen LogP) is 1.09. The number of ether oxygens (including phenoxy) is 2. The summed E-state index contributed by atoms with van der Waals surface area (Å²) in [5.74, 6) is -1.13. The lowest BCUT2D eigenvalue weighted by Crippen LogP contribution is -2.35. The standard InChI is InChI=1S/C12H16BrNO6S/c1-19-7-9(20-2)6-14-21(17,18)11-4-3-8(12(15)16)5-10(11)13/h3-5,9,14H,6-7H2,1-2H3,(H,15,16). The molecule has 0 aromatic heterocycles. The van der Waals surface area contributed by atoms with Gasteiger partial charge in [0, 0.05) is 25.2 Å². The minimum atomic E-state index is -3.78. The average Bonchev–Trinajstić information content (AvgIpc) is 2.42. The number of nitrogens with one attached hydrogen (secondary N) is 1. The minimum Gasteiger partial charge on any atom is -0.478 e. The molecule has 0 fully saturated rings. The van der Waals surface area contributed by atoms with Crippen LogP contribution in [0.3, 0.4) is 0 Å². The second-order valence-corrected chi connectivity index (χ2v) is 6.71. The Morgan fingerprint density at radius 3 is 2.57 bits per heavy atom. The summed E-state index contributed by atoms with van der Waals surface area (Å²) in [6, 6.07) is 3.69. The van der Waals surface area contributed by atoms with Gasteiger partial charge in [0.2, 0.25) is 10.0 Å². The third-order valence-electron chi connectivity index (χ3n) is 2.66.